The van der Waals surface area contributed by atoms with Crippen LogP contribution in [0.4, 0.5) is 0 Å². The SMILES string of the molecule is CCc1ccc(S(=O)(=O)N2CCCC2C(=O)SCCc2ccccc2)cc1. The van der Waals surface area contributed by atoms with Gasteiger partial charge in [-0.15, -0.1) is 0 Å². The summed E-state index contributed by atoms with van der Waals surface area (Å²) in [5.74, 6) is 0.665. The van der Waals surface area contributed by atoms with Crippen molar-refractivity contribution in [2.24, 2.45) is 0 Å². The zero-order valence-electron chi connectivity index (χ0n) is 15.5. The maximum atomic E-state index is 13.0. The van der Waals surface area contributed by atoms with Gasteiger partial charge in [-0.05, 0) is 48.9 Å². The predicted molar refractivity (Wildman–Crippen MR) is 110 cm³/mol. The largest absolute Gasteiger partial charge is 0.285 e. The van der Waals surface area contributed by atoms with E-state index in [1.54, 1.807) is 12.1 Å². The number of thioether (sulfide) groups is 1. The molecule has 0 aliphatic carbocycles. The minimum atomic E-state index is -3.64. The zero-order chi connectivity index (χ0) is 19.3. The summed E-state index contributed by atoms with van der Waals surface area (Å²) in [6.07, 6.45) is 2.99. The summed E-state index contributed by atoms with van der Waals surface area (Å²) in [7, 11) is -3.64. The van der Waals surface area contributed by atoms with Crippen molar-refractivity contribution < 1.29 is 13.2 Å². The van der Waals surface area contributed by atoms with Crippen molar-refractivity contribution in [2.75, 3.05) is 12.3 Å². The number of carbonyl (C=O) groups excluding carboxylic acids is 1. The lowest BCUT2D eigenvalue weighted by Crippen LogP contribution is -2.39. The molecular weight excluding hydrogens is 378 g/mol. The number of benzene rings is 2. The molecule has 3 rings (SSSR count). The van der Waals surface area contributed by atoms with Crippen LogP contribution in [0.25, 0.3) is 0 Å². The molecule has 1 aliphatic rings. The molecule has 0 saturated carbocycles. The van der Waals surface area contributed by atoms with Crippen LogP contribution >= 0.6 is 11.8 Å². The lowest BCUT2D eigenvalue weighted by molar-refractivity contribution is -0.113. The lowest BCUT2D eigenvalue weighted by atomic mass is 10.2. The third-order valence-corrected chi connectivity index (χ3v) is 7.78. The van der Waals surface area contributed by atoms with Crippen LogP contribution in [0, 0.1) is 0 Å². The van der Waals surface area contributed by atoms with Crippen molar-refractivity contribution in [1.82, 2.24) is 4.31 Å². The predicted octanol–water partition coefficient (Wildman–Crippen LogP) is 3.90. The Labute approximate surface area is 166 Å². The van der Waals surface area contributed by atoms with E-state index in [1.807, 2.05) is 49.4 Å². The molecule has 2 aromatic rings. The van der Waals surface area contributed by atoms with Gasteiger partial charge in [0, 0.05) is 12.3 Å². The van der Waals surface area contributed by atoms with E-state index < -0.39 is 16.1 Å². The van der Waals surface area contributed by atoms with E-state index in [2.05, 4.69) is 0 Å². The van der Waals surface area contributed by atoms with Crippen LogP contribution in [-0.4, -0.2) is 36.2 Å². The average Bonchev–Trinajstić information content (AvgIpc) is 3.20. The van der Waals surface area contributed by atoms with Gasteiger partial charge in [-0.2, -0.15) is 4.31 Å². The summed E-state index contributed by atoms with van der Waals surface area (Å²) in [5, 5.41) is -0.0443. The van der Waals surface area contributed by atoms with Gasteiger partial charge in [-0.25, -0.2) is 8.42 Å². The number of sulfonamides is 1. The molecular formula is C21H25NO3S2. The first-order valence-corrected chi connectivity index (χ1v) is 11.8. The highest BCUT2D eigenvalue weighted by Gasteiger charge is 2.39. The van der Waals surface area contributed by atoms with Crippen molar-refractivity contribution in [2.45, 2.75) is 43.5 Å². The molecule has 1 aliphatic heterocycles. The van der Waals surface area contributed by atoms with Gasteiger partial charge in [0.15, 0.2) is 0 Å². The second-order valence-corrected chi connectivity index (χ2v) is 9.66. The third-order valence-electron chi connectivity index (χ3n) is 4.89. The van der Waals surface area contributed by atoms with Crippen LogP contribution in [0.15, 0.2) is 59.5 Å². The fourth-order valence-electron chi connectivity index (χ4n) is 3.31. The highest BCUT2D eigenvalue weighted by Crippen LogP contribution is 2.29. The normalized spacial score (nSPS) is 17.9. The minimum absolute atomic E-state index is 0.0443. The van der Waals surface area contributed by atoms with E-state index in [-0.39, 0.29) is 10.0 Å². The second-order valence-electron chi connectivity index (χ2n) is 6.67. The monoisotopic (exact) mass is 403 g/mol. The molecule has 144 valence electrons. The van der Waals surface area contributed by atoms with E-state index in [0.29, 0.717) is 18.7 Å². The Hall–Kier alpha value is -1.63. The van der Waals surface area contributed by atoms with Crippen molar-refractivity contribution >= 4 is 26.9 Å². The van der Waals surface area contributed by atoms with Crippen LogP contribution in [0.3, 0.4) is 0 Å². The quantitative estimate of drug-likeness (QED) is 0.703. The Morgan fingerprint density at radius 2 is 1.78 bits per heavy atom. The molecule has 0 radical (unpaired) electrons. The summed E-state index contributed by atoms with van der Waals surface area (Å²) >= 11 is 1.24. The van der Waals surface area contributed by atoms with Gasteiger partial charge in [0.2, 0.25) is 15.1 Å². The summed E-state index contributed by atoms with van der Waals surface area (Å²) in [6, 6.07) is 16.4. The Bertz CT molecular complexity index is 864. The van der Waals surface area contributed by atoms with Crippen LogP contribution in [0.1, 0.15) is 30.9 Å². The molecule has 1 atom stereocenters. The third kappa shape index (κ3) is 4.81. The lowest BCUT2D eigenvalue weighted by Gasteiger charge is -2.23. The van der Waals surface area contributed by atoms with Gasteiger partial charge in [-0.3, -0.25) is 4.79 Å². The molecule has 4 nitrogen and oxygen atoms in total. The maximum absolute atomic E-state index is 13.0. The van der Waals surface area contributed by atoms with Gasteiger partial charge in [0.25, 0.3) is 0 Å². The zero-order valence-corrected chi connectivity index (χ0v) is 17.1. The molecule has 2 aromatic carbocycles. The summed E-state index contributed by atoms with van der Waals surface area (Å²) in [4.78, 5) is 13.0. The number of hydrogen-bond donors (Lipinski definition) is 0. The molecule has 27 heavy (non-hydrogen) atoms. The minimum Gasteiger partial charge on any atom is -0.285 e. The van der Waals surface area contributed by atoms with Crippen molar-refractivity contribution in [3.05, 3.63) is 65.7 Å². The smallest absolute Gasteiger partial charge is 0.243 e. The summed E-state index contributed by atoms with van der Waals surface area (Å²) in [6.45, 7) is 2.44. The Morgan fingerprint density at radius 1 is 1.07 bits per heavy atom. The maximum Gasteiger partial charge on any atom is 0.243 e. The van der Waals surface area contributed by atoms with Crippen molar-refractivity contribution in [3.8, 4) is 0 Å². The number of rotatable bonds is 7. The van der Waals surface area contributed by atoms with Gasteiger partial charge >= 0.3 is 0 Å². The van der Waals surface area contributed by atoms with Crippen LogP contribution < -0.4 is 0 Å². The molecule has 6 heteroatoms. The summed E-state index contributed by atoms with van der Waals surface area (Å²) in [5.41, 5.74) is 2.28. The van der Waals surface area contributed by atoms with Crippen LogP contribution in [-0.2, 0) is 27.7 Å². The molecule has 0 spiro atoms. The first-order chi connectivity index (χ1) is 13.0. The first-order valence-electron chi connectivity index (χ1n) is 9.33. The van der Waals surface area contributed by atoms with E-state index in [0.717, 1.165) is 24.8 Å². The number of hydrogen-bond acceptors (Lipinski definition) is 4. The van der Waals surface area contributed by atoms with Crippen LogP contribution in [0.2, 0.25) is 0 Å². The van der Waals surface area contributed by atoms with Crippen molar-refractivity contribution in [3.63, 3.8) is 0 Å². The molecule has 0 N–H and O–H groups in total. The van der Waals surface area contributed by atoms with Gasteiger partial charge in [0.1, 0.15) is 0 Å². The molecule has 1 fully saturated rings. The van der Waals surface area contributed by atoms with E-state index in [9.17, 15) is 13.2 Å². The van der Waals surface area contributed by atoms with Gasteiger partial charge in [-0.1, -0.05) is 61.2 Å². The highest BCUT2D eigenvalue weighted by molar-refractivity contribution is 8.13. The molecule has 1 saturated heterocycles. The van der Waals surface area contributed by atoms with E-state index in [4.69, 9.17) is 0 Å². The number of nitrogens with zero attached hydrogens (tertiary/aromatic N) is 1. The first kappa shape index (κ1) is 20.1. The molecule has 0 bridgehead atoms. The average molecular weight is 404 g/mol. The van der Waals surface area contributed by atoms with Crippen LogP contribution in [0.5, 0.6) is 0 Å². The molecule has 0 amide bonds. The fraction of sp³-hybridized carbons (Fsp3) is 0.381. The van der Waals surface area contributed by atoms with E-state index >= 15 is 0 Å². The highest BCUT2D eigenvalue weighted by atomic mass is 32.2. The van der Waals surface area contributed by atoms with E-state index in [1.165, 1.54) is 21.6 Å². The Kier molecular flexibility index (Phi) is 6.73. The summed E-state index contributed by atoms with van der Waals surface area (Å²) < 4.78 is 27.4. The molecule has 1 unspecified atom stereocenters. The topological polar surface area (TPSA) is 54.5 Å². The Balaban J connectivity index is 1.65. The van der Waals surface area contributed by atoms with Crippen molar-refractivity contribution in [1.29, 1.82) is 0 Å². The number of aryl methyl sites for hydroxylation is 2. The fourth-order valence-corrected chi connectivity index (χ4v) is 6.01. The standard InChI is InChI=1S/C21H25NO3S2/c1-2-17-10-12-19(13-11-17)27(24,25)22-15-6-9-20(22)21(23)26-16-14-18-7-4-3-5-8-18/h3-5,7-8,10-13,20H,2,6,9,14-16H2,1H3. The second kappa shape index (κ2) is 9.04. The molecule has 0 aromatic heterocycles. The number of carbonyl (C=O) groups is 1. The molecule has 1 heterocycles. The Morgan fingerprint density at radius 3 is 2.44 bits per heavy atom. The van der Waals surface area contributed by atoms with Gasteiger partial charge in [0.05, 0.1) is 10.9 Å². The van der Waals surface area contributed by atoms with Gasteiger partial charge < -0.3 is 0 Å².